The van der Waals surface area contributed by atoms with E-state index in [0.717, 1.165) is 122 Å². The summed E-state index contributed by atoms with van der Waals surface area (Å²) in [6.07, 6.45) is 0. The van der Waals surface area contributed by atoms with Crippen LogP contribution in [0.4, 0.5) is 34.1 Å². The SMILES string of the molecule is c1ccc(-c2ccc(-c3ccc(N(c4ccccc4)c4ccc(-c5ccc6ccc7ccc8oc(-c9ccccc9)nc8c7c6c5)cc4)cc3)cc2)cc1.c1ccc(-c2ccc(N(c3ccc(-c4ccc5ccc6ccc7oc(-c8ccccc8)nc7c6c5c4)cc3)c3cccc(-c4ccccc4)c3)cc2)cc1. The molecular weight excluding hydrogens is 1310 g/mol. The van der Waals surface area contributed by atoms with Crippen molar-refractivity contribution >= 4 is 99.4 Å². The Bertz CT molecular complexity index is 6590. The van der Waals surface area contributed by atoms with E-state index in [1.54, 1.807) is 0 Å². The number of rotatable bonds is 14. The smallest absolute Gasteiger partial charge is 0.227 e. The fourth-order valence-electron chi connectivity index (χ4n) is 15.1. The molecule has 6 heteroatoms. The normalized spacial score (nSPS) is 11.3. The first-order valence-corrected chi connectivity index (χ1v) is 36.6. The standard InChI is InChI=1S/2C51H34N2O/c1-4-11-35(12-5-1)37-23-28-44(29-24-37)53(46-18-10-17-42(33-46)36-13-6-2-7-14-36)45-30-25-38(26-31-45)43-22-20-39-19-21-40-27-32-48-50(49(40)47(39)34-43)52-51(54-48)41-15-8-3-9-16-41;1-4-10-35(11-5-1)36-16-18-37(19-17-36)38-24-29-45(30-25-38)53(44-14-8-3-9-15-44)46-31-26-39(27-32-46)43-23-21-40-20-22-41-28-33-48-50(49(41)47(40)34-43)52-51(54-48)42-12-6-2-7-13-42/h2*1-34H. The molecule has 0 aliphatic carbocycles. The summed E-state index contributed by atoms with van der Waals surface area (Å²) < 4.78 is 12.5. The third-order valence-corrected chi connectivity index (χ3v) is 20.6. The Labute approximate surface area is 626 Å². The summed E-state index contributed by atoms with van der Waals surface area (Å²) in [5, 5.41) is 9.16. The zero-order valence-electron chi connectivity index (χ0n) is 58.9. The average molecular weight is 1380 g/mol. The Morgan fingerprint density at radius 3 is 0.796 bits per heavy atom. The van der Waals surface area contributed by atoms with E-state index in [1.807, 2.05) is 72.8 Å². The largest absolute Gasteiger partial charge is 0.436 e. The summed E-state index contributed by atoms with van der Waals surface area (Å²) in [6, 6.07) is 146. The Morgan fingerprint density at radius 1 is 0.176 bits per heavy atom. The molecule has 0 amide bonds. The number of para-hydroxylation sites is 1. The quantitative estimate of drug-likeness (QED) is 0.101. The van der Waals surface area contributed by atoms with E-state index in [0.29, 0.717) is 11.8 Å². The van der Waals surface area contributed by atoms with Crippen molar-refractivity contribution in [3.63, 3.8) is 0 Å². The molecule has 18 aromatic carbocycles. The second-order valence-corrected chi connectivity index (χ2v) is 27.2. The van der Waals surface area contributed by atoms with E-state index in [1.165, 1.54) is 55.3 Å². The van der Waals surface area contributed by atoms with Crippen molar-refractivity contribution in [3.8, 4) is 89.7 Å². The molecule has 20 rings (SSSR count). The van der Waals surface area contributed by atoms with Gasteiger partial charge in [0.25, 0.3) is 0 Å². The maximum atomic E-state index is 6.28. The fraction of sp³-hybridized carbons (Fsp3) is 0. The highest BCUT2D eigenvalue weighted by Gasteiger charge is 2.20. The summed E-state index contributed by atoms with van der Waals surface area (Å²) in [7, 11) is 0. The van der Waals surface area contributed by atoms with E-state index < -0.39 is 0 Å². The minimum Gasteiger partial charge on any atom is -0.436 e. The first kappa shape index (κ1) is 64.4. The van der Waals surface area contributed by atoms with Gasteiger partial charge in [-0.2, -0.15) is 0 Å². The van der Waals surface area contributed by atoms with Gasteiger partial charge in [-0.15, -0.1) is 0 Å². The number of hydrogen-bond donors (Lipinski definition) is 0. The minimum atomic E-state index is 0.635. The Morgan fingerprint density at radius 2 is 0.417 bits per heavy atom. The van der Waals surface area contributed by atoms with Gasteiger partial charge in [-0.05, 0) is 220 Å². The highest BCUT2D eigenvalue weighted by atomic mass is 16.4. The third kappa shape index (κ3) is 12.7. The van der Waals surface area contributed by atoms with Crippen LogP contribution in [-0.4, -0.2) is 9.97 Å². The third-order valence-electron chi connectivity index (χ3n) is 20.6. The second kappa shape index (κ2) is 28.3. The van der Waals surface area contributed by atoms with Crippen LogP contribution in [0.2, 0.25) is 0 Å². The summed E-state index contributed by atoms with van der Waals surface area (Å²) in [5.74, 6) is 1.27. The molecule has 0 spiro atoms. The summed E-state index contributed by atoms with van der Waals surface area (Å²) >= 11 is 0. The van der Waals surface area contributed by atoms with Crippen molar-refractivity contribution in [3.05, 3.63) is 413 Å². The van der Waals surface area contributed by atoms with E-state index in [2.05, 4.69) is 350 Å². The van der Waals surface area contributed by atoms with Crippen molar-refractivity contribution in [2.75, 3.05) is 9.80 Å². The Kier molecular flexibility index (Phi) is 16.9. The number of hydrogen-bond acceptors (Lipinski definition) is 6. The van der Waals surface area contributed by atoms with Crippen LogP contribution in [0.25, 0.3) is 155 Å². The zero-order chi connectivity index (χ0) is 71.7. The van der Waals surface area contributed by atoms with Crippen molar-refractivity contribution in [2.45, 2.75) is 0 Å². The number of aromatic nitrogens is 2. The molecule has 0 radical (unpaired) electrons. The van der Waals surface area contributed by atoms with E-state index in [4.69, 9.17) is 18.8 Å². The minimum absolute atomic E-state index is 0.635. The first-order chi connectivity index (χ1) is 53.5. The van der Waals surface area contributed by atoms with Crippen molar-refractivity contribution in [1.29, 1.82) is 0 Å². The van der Waals surface area contributed by atoms with Crippen LogP contribution >= 0.6 is 0 Å². The van der Waals surface area contributed by atoms with E-state index in [9.17, 15) is 0 Å². The second-order valence-electron chi connectivity index (χ2n) is 27.2. The van der Waals surface area contributed by atoms with Crippen LogP contribution in [0.15, 0.2) is 421 Å². The number of fused-ring (bicyclic) bond motifs is 10. The average Bonchev–Trinajstić information content (AvgIpc) is 1.36. The number of oxazole rings is 2. The molecule has 0 aliphatic rings. The van der Waals surface area contributed by atoms with Gasteiger partial charge in [-0.25, -0.2) is 9.97 Å². The molecular formula is C102H68N4O2. The molecule has 6 nitrogen and oxygen atoms in total. The van der Waals surface area contributed by atoms with Gasteiger partial charge in [0.15, 0.2) is 11.2 Å². The van der Waals surface area contributed by atoms with Crippen molar-refractivity contribution < 1.29 is 8.83 Å². The molecule has 2 aromatic heterocycles. The lowest BCUT2D eigenvalue weighted by Gasteiger charge is -2.26. The number of nitrogens with zero attached hydrogens (tertiary/aromatic N) is 4. The first-order valence-electron chi connectivity index (χ1n) is 36.6. The maximum Gasteiger partial charge on any atom is 0.227 e. The highest BCUT2D eigenvalue weighted by molar-refractivity contribution is 6.20. The highest BCUT2D eigenvalue weighted by Crippen LogP contribution is 2.44. The summed E-state index contributed by atoms with van der Waals surface area (Å²) in [5.41, 5.74) is 26.0. The molecule has 0 unspecified atom stereocenters. The van der Waals surface area contributed by atoms with Crippen LogP contribution in [-0.2, 0) is 0 Å². The molecule has 20 aromatic rings. The molecule has 0 fully saturated rings. The van der Waals surface area contributed by atoms with E-state index in [-0.39, 0.29) is 0 Å². The zero-order valence-corrected chi connectivity index (χ0v) is 58.9. The lowest BCUT2D eigenvalue weighted by molar-refractivity contribution is 0.619. The van der Waals surface area contributed by atoms with Gasteiger partial charge in [0, 0.05) is 56.0 Å². The van der Waals surface area contributed by atoms with Gasteiger partial charge in [-0.3, -0.25) is 0 Å². The molecule has 0 N–H and O–H groups in total. The van der Waals surface area contributed by atoms with Gasteiger partial charge >= 0.3 is 0 Å². The lowest BCUT2D eigenvalue weighted by atomic mass is 9.96. The summed E-state index contributed by atoms with van der Waals surface area (Å²) in [4.78, 5) is 14.7. The van der Waals surface area contributed by atoms with Gasteiger partial charge in [-0.1, -0.05) is 291 Å². The molecule has 0 aliphatic heterocycles. The van der Waals surface area contributed by atoms with Crippen LogP contribution < -0.4 is 9.80 Å². The fourth-order valence-corrected chi connectivity index (χ4v) is 15.1. The van der Waals surface area contributed by atoms with Crippen molar-refractivity contribution in [2.24, 2.45) is 0 Å². The van der Waals surface area contributed by atoms with Crippen LogP contribution in [0.5, 0.6) is 0 Å². The Balaban J connectivity index is 0.000000147. The topological polar surface area (TPSA) is 58.5 Å². The lowest BCUT2D eigenvalue weighted by Crippen LogP contribution is -2.10. The molecule has 0 atom stereocenters. The number of anilines is 6. The molecule has 0 saturated carbocycles. The predicted molar refractivity (Wildman–Crippen MR) is 451 cm³/mol. The maximum absolute atomic E-state index is 6.28. The van der Waals surface area contributed by atoms with Crippen LogP contribution in [0, 0.1) is 0 Å². The molecule has 108 heavy (non-hydrogen) atoms. The van der Waals surface area contributed by atoms with Gasteiger partial charge in [0.2, 0.25) is 11.8 Å². The van der Waals surface area contributed by atoms with Gasteiger partial charge < -0.3 is 18.6 Å². The summed E-state index contributed by atoms with van der Waals surface area (Å²) in [6.45, 7) is 0. The molecule has 508 valence electrons. The van der Waals surface area contributed by atoms with Gasteiger partial charge in [0.1, 0.15) is 11.0 Å². The van der Waals surface area contributed by atoms with Crippen LogP contribution in [0.3, 0.4) is 0 Å². The molecule has 0 saturated heterocycles. The molecule has 2 heterocycles. The van der Waals surface area contributed by atoms with Gasteiger partial charge in [0.05, 0.1) is 0 Å². The number of benzene rings is 18. The molecule has 0 bridgehead atoms. The van der Waals surface area contributed by atoms with Crippen molar-refractivity contribution in [1.82, 2.24) is 9.97 Å². The van der Waals surface area contributed by atoms with Crippen LogP contribution in [0.1, 0.15) is 0 Å². The monoisotopic (exact) mass is 1380 g/mol. The van der Waals surface area contributed by atoms with E-state index >= 15 is 0 Å². The predicted octanol–water partition coefficient (Wildman–Crippen LogP) is 28.5. The Hall–Kier alpha value is -14.5.